The molecule has 0 amide bonds. The van der Waals surface area contributed by atoms with Gasteiger partial charge in [-0.1, -0.05) is 6.07 Å². The second kappa shape index (κ2) is 3.80. The lowest BCUT2D eigenvalue weighted by Gasteiger charge is -2.10. The van der Waals surface area contributed by atoms with Crippen LogP contribution in [0.3, 0.4) is 0 Å². The maximum absolute atomic E-state index is 9.68. The van der Waals surface area contributed by atoms with Crippen molar-refractivity contribution in [1.29, 1.82) is 5.26 Å². The highest BCUT2D eigenvalue weighted by molar-refractivity contribution is 9.10. The minimum atomic E-state index is -0.280. The molecule has 0 aliphatic heterocycles. The quantitative estimate of drug-likeness (QED) is 0.819. The molecule has 1 unspecified atom stereocenters. The fourth-order valence-corrected chi connectivity index (χ4v) is 1.64. The van der Waals surface area contributed by atoms with Gasteiger partial charge in [0.15, 0.2) is 0 Å². The largest absolute Gasteiger partial charge is 0.506 e. The fraction of sp³-hybridized carbons (Fsp3) is 0.300. The highest BCUT2D eigenvalue weighted by atomic mass is 79.9. The van der Waals surface area contributed by atoms with Crippen LogP contribution in [0, 0.1) is 18.3 Å². The molecular formula is C10H10BrNO. The lowest BCUT2D eigenvalue weighted by molar-refractivity contribution is 0.463. The van der Waals surface area contributed by atoms with Crippen molar-refractivity contribution in [2.75, 3.05) is 0 Å². The summed E-state index contributed by atoms with van der Waals surface area (Å²) in [4.78, 5) is 0. The van der Waals surface area contributed by atoms with Gasteiger partial charge in [-0.25, -0.2) is 0 Å². The number of phenols is 1. The maximum Gasteiger partial charge on any atom is 0.134 e. The smallest absolute Gasteiger partial charge is 0.134 e. The van der Waals surface area contributed by atoms with Gasteiger partial charge in [-0.2, -0.15) is 5.26 Å². The lowest BCUT2D eigenvalue weighted by Crippen LogP contribution is -1.94. The van der Waals surface area contributed by atoms with Gasteiger partial charge in [-0.15, -0.1) is 0 Å². The summed E-state index contributed by atoms with van der Waals surface area (Å²) in [6, 6.07) is 5.77. The van der Waals surface area contributed by atoms with E-state index in [2.05, 4.69) is 22.0 Å². The molecule has 0 aliphatic rings. The van der Waals surface area contributed by atoms with Crippen molar-refractivity contribution in [3.05, 3.63) is 27.7 Å². The van der Waals surface area contributed by atoms with Crippen LogP contribution >= 0.6 is 15.9 Å². The molecule has 1 atom stereocenters. The molecule has 0 fully saturated rings. The highest BCUT2D eigenvalue weighted by Crippen LogP contribution is 2.34. The Labute approximate surface area is 85.9 Å². The Hall–Kier alpha value is -1.01. The van der Waals surface area contributed by atoms with E-state index in [0.717, 1.165) is 5.56 Å². The van der Waals surface area contributed by atoms with Crippen LogP contribution in [0.15, 0.2) is 16.6 Å². The number of aromatic hydroxyl groups is 1. The third-order valence-electron chi connectivity index (χ3n) is 2.01. The van der Waals surface area contributed by atoms with Gasteiger partial charge in [0.1, 0.15) is 5.75 Å². The van der Waals surface area contributed by atoms with Crippen molar-refractivity contribution >= 4 is 15.9 Å². The lowest BCUT2D eigenvalue weighted by atomic mass is 9.97. The summed E-state index contributed by atoms with van der Waals surface area (Å²) in [6.45, 7) is 3.66. The summed E-state index contributed by atoms with van der Waals surface area (Å²) >= 11 is 3.22. The number of nitrogens with zero attached hydrogens (tertiary/aromatic N) is 1. The van der Waals surface area contributed by atoms with E-state index in [9.17, 15) is 5.11 Å². The zero-order chi connectivity index (χ0) is 10.0. The first-order valence-corrected chi connectivity index (χ1v) is 4.74. The average molecular weight is 240 g/mol. The number of aryl methyl sites for hydroxylation is 1. The number of nitriles is 1. The number of halogens is 1. The van der Waals surface area contributed by atoms with E-state index in [1.165, 1.54) is 0 Å². The first-order chi connectivity index (χ1) is 6.07. The first kappa shape index (κ1) is 10.1. The number of phenolic OH excluding ortho intramolecular Hbond substituents is 1. The Morgan fingerprint density at radius 3 is 2.69 bits per heavy atom. The van der Waals surface area contributed by atoms with Crippen LogP contribution in [0.25, 0.3) is 0 Å². The summed E-state index contributed by atoms with van der Waals surface area (Å²) in [7, 11) is 0. The molecular weight excluding hydrogens is 230 g/mol. The van der Waals surface area contributed by atoms with Crippen LogP contribution in [0.5, 0.6) is 5.75 Å². The van der Waals surface area contributed by atoms with E-state index in [1.54, 1.807) is 13.0 Å². The van der Waals surface area contributed by atoms with E-state index < -0.39 is 0 Å². The standard InChI is InChI=1S/C10H10BrNO/c1-6-3-4-8(11)10(13)9(6)7(2)5-12/h3-4,7,13H,1-2H3. The molecule has 1 aromatic rings. The van der Waals surface area contributed by atoms with Gasteiger partial charge in [0.05, 0.1) is 16.5 Å². The van der Waals surface area contributed by atoms with Crippen LogP contribution in [0.1, 0.15) is 24.0 Å². The predicted molar refractivity (Wildman–Crippen MR) is 54.6 cm³/mol. The molecule has 1 rings (SSSR count). The first-order valence-electron chi connectivity index (χ1n) is 3.95. The molecule has 1 N–H and O–H groups in total. The van der Waals surface area contributed by atoms with Gasteiger partial charge in [-0.05, 0) is 41.4 Å². The van der Waals surface area contributed by atoms with Gasteiger partial charge in [-0.3, -0.25) is 0 Å². The molecule has 0 saturated heterocycles. The van der Waals surface area contributed by atoms with Gasteiger partial charge in [0, 0.05) is 5.56 Å². The maximum atomic E-state index is 9.68. The zero-order valence-electron chi connectivity index (χ0n) is 7.50. The normalized spacial score (nSPS) is 12.2. The second-order valence-electron chi connectivity index (χ2n) is 2.98. The molecule has 0 bridgehead atoms. The van der Waals surface area contributed by atoms with Crippen LogP contribution in [-0.2, 0) is 0 Å². The molecule has 0 heterocycles. The SMILES string of the molecule is Cc1ccc(Br)c(O)c1C(C)C#N. The van der Waals surface area contributed by atoms with Crippen LogP contribution in [-0.4, -0.2) is 5.11 Å². The van der Waals surface area contributed by atoms with Gasteiger partial charge in [0.25, 0.3) is 0 Å². The Morgan fingerprint density at radius 1 is 1.54 bits per heavy atom. The van der Waals surface area contributed by atoms with Gasteiger partial charge >= 0.3 is 0 Å². The molecule has 3 heteroatoms. The number of hydrogen-bond acceptors (Lipinski definition) is 2. The fourth-order valence-electron chi connectivity index (χ4n) is 1.29. The van der Waals surface area contributed by atoms with E-state index in [0.29, 0.717) is 10.0 Å². The monoisotopic (exact) mass is 239 g/mol. The molecule has 0 radical (unpaired) electrons. The summed E-state index contributed by atoms with van der Waals surface area (Å²) in [5.74, 6) is -0.105. The minimum Gasteiger partial charge on any atom is -0.506 e. The van der Waals surface area contributed by atoms with Crippen molar-refractivity contribution in [2.45, 2.75) is 19.8 Å². The van der Waals surface area contributed by atoms with E-state index in [1.807, 2.05) is 13.0 Å². The average Bonchev–Trinajstić information content (AvgIpc) is 2.12. The van der Waals surface area contributed by atoms with Crippen molar-refractivity contribution in [3.8, 4) is 11.8 Å². The second-order valence-corrected chi connectivity index (χ2v) is 3.83. The van der Waals surface area contributed by atoms with Crippen molar-refractivity contribution < 1.29 is 5.11 Å². The number of rotatable bonds is 1. The van der Waals surface area contributed by atoms with Gasteiger partial charge < -0.3 is 5.11 Å². The van der Waals surface area contributed by atoms with Crippen LogP contribution in [0.2, 0.25) is 0 Å². The Balaban J connectivity index is 3.35. The van der Waals surface area contributed by atoms with Gasteiger partial charge in [0.2, 0.25) is 0 Å². The molecule has 13 heavy (non-hydrogen) atoms. The van der Waals surface area contributed by atoms with Crippen molar-refractivity contribution in [2.24, 2.45) is 0 Å². The Kier molecular flexibility index (Phi) is 2.94. The third kappa shape index (κ3) is 1.84. The summed E-state index contributed by atoms with van der Waals surface area (Å²) in [5, 5.41) is 18.4. The van der Waals surface area contributed by atoms with E-state index >= 15 is 0 Å². The molecule has 0 saturated carbocycles. The van der Waals surface area contributed by atoms with Crippen molar-refractivity contribution in [1.82, 2.24) is 0 Å². The number of hydrogen-bond donors (Lipinski definition) is 1. The summed E-state index contributed by atoms with van der Waals surface area (Å²) in [5.41, 5.74) is 1.65. The molecule has 1 aromatic carbocycles. The van der Waals surface area contributed by atoms with E-state index in [4.69, 9.17) is 5.26 Å². The highest BCUT2D eigenvalue weighted by Gasteiger charge is 2.14. The zero-order valence-corrected chi connectivity index (χ0v) is 9.09. The Morgan fingerprint density at radius 2 is 2.15 bits per heavy atom. The molecule has 2 nitrogen and oxygen atoms in total. The van der Waals surface area contributed by atoms with E-state index in [-0.39, 0.29) is 11.7 Å². The Bertz CT molecular complexity index is 368. The minimum absolute atomic E-state index is 0.175. The number of benzene rings is 1. The topological polar surface area (TPSA) is 44.0 Å². The summed E-state index contributed by atoms with van der Waals surface area (Å²) < 4.78 is 0.634. The van der Waals surface area contributed by atoms with Crippen LogP contribution < -0.4 is 0 Å². The van der Waals surface area contributed by atoms with Crippen molar-refractivity contribution in [3.63, 3.8) is 0 Å². The van der Waals surface area contributed by atoms with Crippen LogP contribution in [0.4, 0.5) is 0 Å². The molecule has 0 aliphatic carbocycles. The molecule has 0 aromatic heterocycles. The third-order valence-corrected chi connectivity index (χ3v) is 2.65. The summed E-state index contributed by atoms with van der Waals surface area (Å²) in [6.07, 6.45) is 0. The molecule has 0 spiro atoms. The predicted octanol–water partition coefficient (Wildman–Crippen LogP) is 3.09. The molecule has 68 valence electrons.